The maximum Gasteiger partial charge on any atom is 0.324 e. The van der Waals surface area contributed by atoms with E-state index >= 15 is 0 Å². The summed E-state index contributed by atoms with van der Waals surface area (Å²) < 4.78 is 15.8. The standard InChI is InChI=1S/C6H9N2O4PS/c1-13(7,11)12-4-5-2-3-6(14-5)8(9)10/h2-3H,4H2,1H3,(H2,7,11). The third-order valence-electron chi connectivity index (χ3n) is 1.29. The summed E-state index contributed by atoms with van der Waals surface area (Å²) in [6, 6.07) is 2.93. The molecule has 0 fully saturated rings. The van der Waals surface area contributed by atoms with Crippen LogP contribution in [-0.2, 0) is 15.7 Å². The lowest BCUT2D eigenvalue weighted by Crippen LogP contribution is -1.96. The van der Waals surface area contributed by atoms with Crippen molar-refractivity contribution < 1.29 is 14.0 Å². The van der Waals surface area contributed by atoms with Crippen LogP contribution in [0.5, 0.6) is 0 Å². The minimum atomic E-state index is -3.01. The van der Waals surface area contributed by atoms with Gasteiger partial charge in [-0.1, -0.05) is 11.3 Å². The van der Waals surface area contributed by atoms with Gasteiger partial charge in [0.15, 0.2) is 0 Å². The van der Waals surface area contributed by atoms with Crippen LogP contribution in [0.25, 0.3) is 0 Å². The number of nitrogens with zero attached hydrogens (tertiary/aromatic N) is 1. The molecule has 1 rings (SSSR count). The number of hydrogen-bond acceptors (Lipinski definition) is 5. The second-order valence-corrected chi connectivity index (χ2v) is 5.90. The van der Waals surface area contributed by atoms with Crippen LogP contribution in [0, 0.1) is 10.1 Å². The van der Waals surface area contributed by atoms with Crippen LogP contribution in [0.3, 0.4) is 0 Å². The molecule has 14 heavy (non-hydrogen) atoms. The Hall–Kier alpha value is -0.750. The van der Waals surface area contributed by atoms with Crippen molar-refractivity contribution in [2.45, 2.75) is 6.61 Å². The molecule has 1 heterocycles. The highest BCUT2D eigenvalue weighted by Gasteiger charge is 2.12. The van der Waals surface area contributed by atoms with Gasteiger partial charge in [0.1, 0.15) is 0 Å². The largest absolute Gasteiger partial charge is 0.324 e. The van der Waals surface area contributed by atoms with E-state index in [1.807, 2.05) is 0 Å². The molecule has 1 unspecified atom stereocenters. The van der Waals surface area contributed by atoms with E-state index in [1.165, 1.54) is 12.7 Å². The van der Waals surface area contributed by atoms with Gasteiger partial charge in [-0.15, -0.1) is 0 Å². The molecule has 0 saturated carbocycles. The molecule has 0 aliphatic heterocycles. The molecule has 1 aromatic heterocycles. The smallest absolute Gasteiger partial charge is 0.312 e. The first kappa shape index (κ1) is 11.3. The van der Waals surface area contributed by atoms with Gasteiger partial charge in [-0.25, -0.2) is 0 Å². The molecule has 6 nitrogen and oxygen atoms in total. The summed E-state index contributed by atoms with van der Waals surface area (Å²) in [4.78, 5) is 10.5. The van der Waals surface area contributed by atoms with Crippen LogP contribution < -0.4 is 5.50 Å². The van der Waals surface area contributed by atoms with Crippen LogP contribution in [-0.4, -0.2) is 11.6 Å². The van der Waals surface area contributed by atoms with E-state index in [1.54, 1.807) is 6.07 Å². The van der Waals surface area contributed by atoms with Crippen molar-refractivity contribution in [3.63, 3.8) is 0 Å². The predicted octanol–water partition coefficient (Wildman–Crippen LogP) is 1.95. The zero-order valence-corrected chi connectivity index (χ0v) is 9.09. The molecule has 0 aliphatic rings. The summed E-state index contributed by atoms with van der Waals surface area (Å²) in [7, 11) is -3.01. The lowest BCUT2D eigenvalue weighted by atomic mass is 10.5. The SMILES string of the molecule is CP(N)(=O)OCc1ccc([N+](=O)[O-])s1. The quantitative estimate of drug-likeness (QED) is 0.489. The molecule has 8 heteroatoms. The van der Waals surface area contributed by atoms with Crippen molar-refractivity contribution in [1.29, 1.82) is 0 Å². The molecular formula is C6H9N2O4PS. The lowest BCUT2D eigenvalue weighted by molar-refractivity contribution is -0.380. The molecule has 0 saturated heterocycles. The summed E-state index contributed by atoms with van der Waals surface area (Å²) in [6.45, 7) is 1.33. The maximum atomic E-state index is 11.0. The van der Waals surface area contributed by atoms with Gasteiger partial charge in [0.2, 0.25) is 0 Å². The topological polar surface area (TPSA) is 95.5 Å². The monoisotopic (exact) mass is 236 g/mol. The normalized spacial score (nSPS) is 15.0. The summed E-state index contributed by atoms with van der Waals surface area (Å²) in [5.74, 6) is 0. The number of hydrogen-bond donors (Lipinski definition) is 1. The number of rotatable bonds is 4. The van der Waals surface area contributed by atoms with Crippen LogP contribution in [0.2, 0.25) is 0 Å². The van der Waals surface area contributed by atoms with Crippen molar-refractivity contribution >= 4 is 23.9 Å². The minimum Gasteiger partial charge on any atom is -0.312 e. The Labute approximate surface area is 84.3 Å². The van der Waals surface area contributed by atoms with E-state index in [4.69, 9.17) is 10.0 Å². The third-order valence-corrected chi connectivity index (χ3v) is 2.94. The Morgan fingerprint density at radius 3 is 2.79 bits per heavy atom. The molecular weight excluding hydrogens is 227 g/mol. The molecule has 1 atom stereocenters. The van der Waals surface area contributed by atoms with Crippen molar-refractivity contribution in [2.75, 3.05) is 6.66 Å². The highest BCUT2D eigenvalue weighted by molar-refractivity contribution is 7.55. The summed E-state index contributed by atoms with van der Waals surface area (Å²) in [5.41, 5.74) is 5.15. The van der Waals surface area contributed by atoms with E-state index in [0.717, 1.165) is 11.3 Å². The van der Waals surface area contributed by atoms with Crippen LogP contribution in [0.15, 0.2) is 12.1 Å². The van der Waals surface area contributed by atoms with E-state index in [9.17, 15) is 14.7 Å². The average molecular weight is 236 g/mol. The molecule has 0 bridgehead atoms. The molecule has 0 aromatic carbocycles. The van der Waals surface area contributed by atoms with Crippen LogP contribution >= 0.6 is 18.9 Å². The minimum absolute atomic E-state index is 0.0338. The molecule has 0 amide bonds. The molecule has 0 radical (unpaired) electrons. The van der Waals surface area contributed by atoms with Crippen LogP contribution in [0.4, 0.5) is 5.00 Å². The Balaban J connectivity index is 2.61. The third kappa shape index (κ3) is 3.55. The molecule has 2 N–H and O–H groups in total. The highest BCUT2D eigenvalue weighted by Crippen LogP contribution is 2.35. The first-order valence-electron chi connectivity index (χ1n) is 3.62. The van der Waals surface area contributed by atoms with Crippen molar-refractivity contribution in [3.8, 4) is 0 Å². The average Bonchev–Trinajstić information content (AvgIpc) is 2.47. The fourth-order valence-corrected chi connectivity index (χ4v) is 1.95. The van der Waals surface area contributed by atoms with Gasteiger partial charge in [0.25, 0.3) is 7.52 Å². The van der Waals surface area contributed by atoms with Gasteiger partial charge in [0.05, 0.1) is 11.5 Å². The second kappa shape index (κ2) is 4.18. The number of nitrogens with two attached hydrogens (primary N) is 1. The van der Waals surface area contributed by atoms with Gasteiger partial charge in [-0.3, -0.25) is 20.2 Å². The Morgan fingerprint density at radius 2 is 2.36 bits per heavy atom. The van der Waals surface area contributed by atoms with Crippen molar-refractivity contribution in [3.05, 3.63) is 27.1 Å². The van der Waals surface area contributed by atoms with Gasteiger partial charge < -0.3 is 4.52 Å². The molecule has 1 aromatic rings. The lowest BCUT2D eigenvalue weighted by Gasteiger charge is -2.05. The Kier molecular flexibility index (Phi) is 3.38. The van der Waals surface area contributed by atoms with E-state index in [0.29, 0.717) is 4.88 Å². The van der Waals surface area contributed by atoms with Gasteiger partial charge >= 0.3 is 5.00 Å². The Bertz CT molecular complexity index is 385. The van der Waals surface area contributed by atoms with E-state index in [2.05, 4.69) is 0 Å². The summed E-state index contributed by atoms with van der Waals surface area (Å²) in [5, 5.41) is 10.3. The zero-order chi connectivity index (χ0) is 10.8. The first-order valence-corrected chi connectivity index (χ1v) is 6.58. The second-order valence-electron chi connectivity index (χ2n) is 2.68. The summed E-state index contributed by atoms with van der Waals surface area (Å²) >= 11 is 0.981. The number of thiophene rings is 1. The van der Waals surface area contributed by atoms with Crippen molar-refractivity contribution in [2.24, 2.45) is 5.50 Å². The fourth-order valence-electron chi connectivity index (χ4n) is 0.734. The highest BCUT2D eigenvalue weighted by atomic mass is 32.1. The van der Waals surface area contributed by atoms with E-state index in [-0.39, 0.29) is 11.6 Å². The zero-order valence-electron chi connectivity index (χ0n) is 7.37. The first-order chi connectivity index (χ1) is 6.38. The van der Waals surface area contributed by atoms with Gasteiger partial charge in [-0.2, -0.15) is 0 Å². The Morgan fingerprint density at radius 1 is 1.71 bits per heavy atom. The van der Waals surface area contributed by atoms with Crippen molar-refractivity contribution in [1.82, 2.24) is 0 Å². The predicted molar refractivity (Wildman–Crippen MR) is 53.5 cm³/mol. The summed E-state index contributed by atoms with van der Waals surface area (Å²) in [6.07, 6.45) is 0. The van der Waals surface area contributed by atoms with Gasteiger partial charge in [-0.05, 0) is 6.07 Å². The van der Waals surface area contributed by atoms with Gasteiger partial charge in [0, 0.05) is 17.6 Å². The maximum absolute atomic E-state index is 11.0. The molecule has 78 valence electrons. The van der Waals surface area contributed by atoms with Crippen LogP contribution in [0.1, 0.15) is 4.88 Å². The molecule has 0 aliphatic carbocycles. The fraction of sp³-hybridized carbons (Fsp3) is 0.333. The van der Waals surface area contributed by atoms with E-state index < -0.39 is 12.4 Å². The number of nitro groups is 1. The molecule has 0 spiro atoms.